The van der Waals surface area contributed by atoms with Crippen LogP contribution in [0.2, 0.25) is 0 Å². The van der Waals surface area contributed by atoms with Gasteiger partial charge in [0.15, 0.2) is 0 Å². The van der Waals surface area contributed by atoms with Gasteiger partial charge in [-0.2, -0.15) is 13.2 Å². The Kier molecular flexibility index (Phi) is 5.57. The predicted octanol–water partition coefficient (Wildman–Crippen LogP) is 2.12. The molecule has 0 atom stereocenters. The van der Waals surface area contributed by atoms with Crippen LogP contribution >= 0.6 is 0 Å². The van der Waals surface area contributed by atoms with Gasteiger partial charge >= 0.3 is 6.18 Å². The number of carbonyl (C=O) groups is 1. The molecule has 8 nitrogen and oxygen atoms in total. The largest absolute Gasteiger partial charge is 0.416 e. The highest BCUT2D eigenvalue weighted by atomic mass is 19.4. The zero-order valence-corrected chi connectivity index (χ0v) is 15.1. The van der Waals surface area contributed by atoms with Crippen LogP contribution in [-0.4, -0.2) is 46.5 Å². The Balaban J connectivity index is 1.64. The summed E-state index contributed by atoms with van der Waals surface area (Å²) in [6.07, 6.45) is -3.42. The van der Waals surface area contributed by atoms with E-state index in [1.807, 2.05) is 0 Å². The van der Waals surface area contributed by atoms with Crippen molar-refractivity contribution in [2.45, 2.75) is 12.7 Å². The third kappa shape index (κ3) is 4.73. The third-order valence-corrected chi connectivity index (χ3v) is 4.66. The van der Waals surface area contributed by atoms with E-state index in [0.717, 1.165) is 35.0 Å². The number of rotatable bonds is 4. The zero-order valence-electron chi connectivity index (χ0n) is 15.1. The van der Waals surface area contributed by atoms with Crippen LogP contribution in [0, 0.1) is 10.1 Å². The average Bonchev–Trinajstić information content (AvgIpc) is 2.69. The summed E-state index contributed by atoms with van der Waals surface area (Å²) in [5.74, 6) is -0.392. The second-order valence-corrected chi connectivity index (χ2v) is 6.53. The number of piperazine rings is 1. The van der Waals surface area contributed by atoms with Crippen molar-refractivity contribution < 1.29 is 22.9 Å². The number of pyridine rings is 1. The lowest BCUT2D eigenvalue weighted by atomic mass is 10.1. The lowest BCUT2D eigenvalue weighted by Crippen LogP contribution is -2.50. The fraction of sp³-hybridized carbons (Fsp3) is 0.333. The van der Waals surface area contributed by atoms with Crippen molar-refractivity contribution in [1.29, 1.82) is 0 Å². The number of benzene rings is 1. The van der Waals surface area contributed by atoms with Crippen LogP contribution in [-0.2, 0) is 17.5 Å². The summed E-state index contributed by atoms with van der Waals surface area (Å²) in [5, 5.41) is 10.8. The summed E-state index contributed by atoms with van der Waals surface area (Å²) in [6.45, 7) is 0.843. The maximum absolute atomic E-state index is 12.9. The molecule has 0 spiro atoms. The quantitative estimate of drug-likeness (QED) is 0.569. The SMILES string of the molecule is O=C(Cn1cc([N+](=O)[O-])ccc1=O)N1CCN(c2cccc(C(F)(F)F)c2)CC1. The van der Waals surface area contributed by atoms with Crippen LogP contribution in [0.3, 0.4) is 0 Å². The Morgan fingerprint density at radius 1 is 1.10 bits per heavy atom. The molecule has 2 aromatic rings. The Morgan fingerprint density at radius 2 is 1.79 bits per heavy atom. The van der Waals surface area contributed by atoms with E-state index < -0.39 is 28.1 Å². The molecule has 1 aliphatic rings. The molecule has 3 rings (SSSR count). The van der Waals surface area contributed by atoms with E-state index >= 15 is 0 Å². The number of amides is 1. The molecular formula is C18H17F3N4O4. The van der Waals surface area contributed by atoms with Crippen molar-refractivity contribution in [3.05, 3.63) is 68.6 Å². The van der Waals surface area contributed by atoms with Crippen LogP contribution < -0.4 is 10.5 Å². The van der Waals surface area contributed by atoms with E-state index in [4.69, 9.17) is 0 Å². The fourth-order valence-corrected chi connectivity index (χ4v) is 3.09. The molecule has 11 heteroatoms. The minimum absolute atomic E-state index is 0.263. The summed E-state index contributed by atoms with van der Waals surface area (Å²) in [6, 6.07) is 7.08. The van der Waals surface area contributed by atoms with Gasteiger partial charge in [0.2, 0.25) is 5.91 Å². The molecular weight excluding hydrogens is 393 g/mol. The van der Waals surface area contributed by atoms with E-state index in [0.29, 0.717) is 18.8 Å². The molecule has 1 fully saturated rings. The highest BCUT2D eigenvalue weighted by molar-refractivity contribution is 5.76. The van der Waals surface area contributed by atoms with Crippen molar-refractivity contribution in [1.82, 2.24) is 9.47 Å². The minimum Gasteiger partial charge on any atom is -0.368 e. The molecule has 1 aliphatic heterocycles. The molecule has 0 saturated carbocycles. The number of carbonyl (C=O) groups excluding carboxylic acids is 1. The van der Waals surface area contributed by atoms with E-state index in [9.17, 15) is 32.9 Å². The van der Waals surface area contributed by atoms with Crippen LogP contribution in [0.25, 0.3) is 0 Å². The van der Waals surface area contributed by atoms with Gasteiger partial charge in [0.25, 0.3) is 11.2 Å². The molecule has 1 saturated heterocycles. The summed E-state index contributed by atoms with van der Waals surface area (Å²) < 4.78 is 39.6. The molecule has 0 radical (unpaired) electrons. The highest BCUT2D eigenvalue weighted by Crippen LogP contribution is 2.31. The lowest BCUT2D eigenvalue weighted by molar-refractivity contribution is -0.385. The molecule has 0 unspecified atom stereocenters. The molecule has 2 heterocycles. The summed E-state index contributed by atoms with van der Waals surface area (Å²) >= 11 is 0. The van der Waals surface area contributed by atoms with Crippen molar-refractivity contribution in [3.8, 4) is 0 Å². The average molecular weight is 410 g/mol. The fourth-order valence-electron chi connectivity index (χ4n) is 3.09. The van der Waals surface area contributed by atoms with Gasteiger partial charge in [0.05, 0.1) is 16.7 Å². The van der Waals surface area contributed by atoms with Crippen molar-refractivity contribution in [2.24, 2.45) is 0 Å². The number of alkyl halides is 3. The van der Waals surface area contributed by atoms with Crippen LogP contribution in [0.1, 0.15) is 5.56 Å². The van der Waals surface area contributed by atoms with Gasteiger partial charge in [0.1, 0.15) is 6.54 Å². The number of anilines is 1. The number of nitro groups is 1. The van der Waals surface area contributed by atoms with Gasteiger partial charge in [-0.15, -0.1) is 0 Å². The number of halogens is 3. The van der Waals surface area contributed by atoms with Crippen LogP contribution in [0.5, 0.6) is 0 Å². The second kappa shape index (κ2) is 7.94. The first-order chi connectivity index (χ1) is 13.6. The molecule has 0 aliphatic carbocycles. The smallest absolute Gasteiger partial charge is 0.368 e. The van der Waals surface area contributed by atoms with Gasteiger partial charge < -0.3 is 9.80 Å². The maximum atomic E-state index is 12.9. The standard InChI is InChI=1S/C18H17F3N4O4/c19-18(20,21)13-2-1-3-14(10-13)22-6-8-23(9-7-22)17(27)12-24-11-15(25(28)29)4-5-16(24)26/h1-5,10-11H,6-9,12H2. The molecule has 1 aromatic heterocycles. The Bertz CT molecular complexity index is 982. The van der Waals surface area contributed by atoms with Crippen molar-refractivity contribution >= 4 is 17.3 Å². The summed E-state index contributed by atoms with van der Waals surface area (Å²) in [5.41, 5.74) is -1.15. The molecule has 154 valence electrons. The van der Waals surface area contributed by atoms with E-state index in [2.05, 4.69) is 0 Å². The predicted molar refractivity (Wildman–Crippen MR) is 97.6 cm³/mol. The second-order valence-electron chi connectivity index (χ2n) is 6.53. The normalized spacial score (nSPS) is 14.7. The first-order valence-corrected chi connectivity index (χ1v) is 8.70. The highest BCUT2D eigenvalue weighted by Gasteiger charge is 2.31. The molecule has 0 N–H and O–H groups in total. The summed E-state index contributed by atoms with van der Waals surface area (Å²) in [7, 11) is 0. The Labute approximate surface area is 162 Å². The summed E-state index contributed by atoms with van der Waals surface area (Å²) in [4.78, 5) is 37.7. The zero-order chi connectivity index (χ0) is 21.2. The van der Waals surface area contributed by atoms with Crippen molar-refractivity contribution in [2.75, 3.05) is 31.1 Å². The van der Waals surface area contributed by atoms with Gasteiger partial charge in [-0.1, -0.05) is 6.07 Å². The van der Waals surface area contributed by atoms with Crippen LogP contribution in [0.4, 0.5) is 24.5 Å². The van der Waals surface area contributed by atoms with E-state index in [-0.39, 0.29) is 25.3 Å². The third-order valence-electron chi connectivity index (χ3n) is 4.66. The molecule has 1 aromatic carbocycles. The van der Waals surface area contributed by atoms with Gasteiger partial charge in [-0.05, 0) is 18.2 Å². The number of aromatic nitrogens is 1. The molecule has 1 amide bonds. The van der Waals surface area contributed by atoms with Gasteiger partial charge in [-0.25, -0.2) is 0 Å². The number of hydrogen-bond acceptors (Lipinski definition) is 5. The minimum atomic E-state index is -4.43. The lowest BCUT2D eigenvalue weighted by Gasteiger charge is -2.36. The molecule has 0 bridgehead atoms. The molecule has 29 heavy (non-hydrogen) atoms. The van der Waals surface area contributed by atoms with Gasteiger partial charge in [0, 0.05) is 44.0 Å². The number of nitrogens with zero attached hydrogens (tertiary/aromatic N) is 4. The van der Waals surface area contributed by atoms with E-state index in [1.54, 1.807) is 11.0 Å². The van der Waals surface area contributed by atoms with E-state index in [1.165, 1.54) is 11.0 Å². The Morgan fingerprint density at radius 3 is 2.41 bits per heavy atom. The number of hydrogen-bond donors (Lipinski definition) is 0. The topological polar surface area (TPSA) is 88.7 Å². The van der Waals surface area contributed by atoms with Gasteiger partial charge in [-0.3, -0.25) is 24.3 Å². The Hall–Kier alpha value is -3.37. The van der Waals surface area contributed by atoms with Crippen LogP contribution in [0.15, 0.2) is 47.4 Å². The monoisotopic (exact) mass is 410 g/mol. The first kappa shape index (κ1) is 20.4. The maximum Gasteiger partial charge on any atom is 0.416 e. The van der Waals surface area contributed by atoms with Crippen molar-refractivity contribution in [3.63, 3.8) is 0 Å². The first-order valence-electron chi connectivity index (χ1n) is 8.70.